The van der Waals surface area contributed by atoms with Crippen LogP contribution in [-0.2, 0) is 0 Å². The molecule has 2 aromatic rings. The van der Waals surface area contributed by atoms with Crippen molar-refractivity contribution in [1.29, 1.82) is 0 Å². The van der Waals surface area contributed by atoms with E-state index in [0.717, 1.165) is 12.5 Å². The Morgan fingerprint density at radius 2 is 2.17 bits per heavy atom. The summed E-state index contributed by atoms with van der Waals surface area (Å²) in [6.07, 6.45) is 2.84. The Labute approximate surface area is 206 Å². The zero-order chi connectivity index (χ0) is 24.7. The Hall–Kier alpha value is -2.82. The molecule has 4 atom stereocenters. The maximum Gasteiger partial charge on any atom is 0.327 e. The number of nitrogens with zero attached hydrogens (tertiary/aromatic N) is 3. The van der Waals surface area contributed by atoms with Gasteiger partial charge in [0.1, 0.15) is 28.9 Å². The number of halogens is 3. The zero-order valence-electron chi connectivity index (χ0n) is 19.0. The molecule has 8 nitrogen and oxygen atoms in total. The third kappa shape index (κ3) is 4.57. The number of nitrogens with one attached hydrogen (secondary N) is 1. The van der Waals surface area contributed by atoms with Crippen molar-refractivity contribution >= 4 is 23.1 Å². The van der Waals surface area contributed by atoms with E-state index >= 15 is 4.39 Å². The lowest BCUT2D eigenvalue weighted by Crippen LogP contribution is -2.54. The number of nitrogens with two attached hydrogens (primary N) is 1. The van der Waals surface area contributed by atoms with Crippen LogP contribution in [0.15, 0.2) is 36.3 Å². The Morgan fingerprint density at radius 3 is 2.91 bits per heavy atom. The first kappa shape index (κ1) is 23.9. The fourth-order valence-electron chi connectivity index (χ4n) is 5.41. The standard InChI is InChI=1S/C24H26ClF2N5O3/c25-13-9-29-23(30-10-13)17-11-31(12-18(17)28)24(34)16-3-1-14(26)7-20(16)35-21-8-15-2-4-19(22(21)27)32(15)5-6-33/h1,3,7,9-10,15,19,21-22,33H,2,4-6,8,11-12,28H2/p+1/t15-,19+,21+,22?/m0/s1. The zero-order valence-corrected chi connectivity index (χ0v) is 19.7. The van der Waals surface area contributed by atoms with Gasteiger partial charge in [0.05, 0.1) is 30.8 Å². The number of hydrogen-bond acceptors (Lipinski definition) is 6. The van der Waals surface area contributed by atoms with Crippen LogP contribution >= 0.6 is 11.6 Å². The summed E-state index contributed by atoms with van der Waals surface area (Å²) < 4.78 is 35.5. The van der Waals surface area contributed by atoms with Crippen LogP contribution in [-0.4, -0.2) is 76.4 Å². The van der Waals surface area contributed by atoms with E-state index in [0.29, 0.717) is 41.5 Å². The summed E-state index contributed by atoms with van der Waals surface area (Å²) in [6.45, 7) is 0.741. The number of benzene rings is 1. The summed E-state index contributed by atoms with van der Waals surface area (Å²) >= 11 is 5.89. The summed E-state index contributed by atoms with van der Waals surface area (Å²) in [4.78, 5) is 24.1. The summed E-state index contributed by atoms with van der Waals surface area (Å²) in [5.41, 5.74) is 7.47. The van der Waals surface area contributed by atoms with Crippen LogP contribution < -0.4 is 15.5 Å². The lowest BCUT2D eigenvalue weighted by atomic mass is 9.97. The van der Waals surface area contributed by atoms with Gasteiger partial charge in [-0.05, 0) is 30.0 Å². The first-order chi connectivity index (χ1) is 16.9. The van der Waals surface area contributed by atoms with Crippen molar-refractivity contribution in [1.82, 2.24) is 14.8 Å². The molecule has 1 amide bonds. The number of aromatic nitrogens is 2. The van der Waals surface area contributed by atoms with Crippen LogP contribution in [0.3, 0.4) is 0 Å². The first-order valence-corrected chi connectivity index (χ1v) is 12.0. The molecule has 5 rings (SSSR count). The van der Waals surface area contributed by atoms with Crippen molar-refractivity contribution in [3.05, 3.63) is 58.5 Å². The van der Waals surface area contributed by atoms with E-state index in [-0.39, 0.29) is 43.1 Å². The Bertz CT molecular complexity index is 1150. The Morgan fingerprint density at radius 1 is 1.34 bits per heavy atom. The number of fused-ring (bicyclic) bond motifs is 2. The van der Waals surface area contributed by atoms with Crippen LogP contribution in [0.4, 0.5) is 8.78 Å². The SMILES string of the molecule is NC1=C(c2ncc(Cl)c[nH+]2)CN(C(=O)c2ccc(F)cc2O[C@@H]2C[C@@H]3CC[C@H](C2F)N3CCO)C1. The van der Waals surface area contributed by atoms with Crippen LogP contribution in [0, 0.1) is 5.82 Å². The Balaban J connectivity index is 1.34. The van der Waals surface area contributed by atoms with Gasteiger partial charge in [0.2, 0.25) is 0 Å². The Kier molecular flexibility index (Phi) is 6.61. The largest absolute Gasteiger partial charge is 0.486 e. The molecule has 1 unspecified atom stereocenters. The lowest BCUT2D eigenvalue weighted by molar-refractivity contribution is -0.386. The van der Waals surface area contributed by atoms with Crippen LogP contribution in [0.2, 0.25) is 5.02 Å². The smallest absolute Gasteiger partial charge is 0.327 e. The molecular weight excluding hydrogens is 480 g/mol. The predicted molar refractivity (Wildman–Crippen MR) is 124 cm³/mol. The summed E-state index contributed by atoms with van der Waals surface area (Å²) in [5, 5.41) is 9.76. The lowest BCUT2D eigenvalue weighted by Gasteiger charge is -2.41. The molecule has 4 heterocycles. The molecule has 2 bridgehead atoms. The van der Waals surface area contributed by atoms with Gasteiger partial charge in [-0.3, -0.25) is 9.69 Å². The van der Waals surface area contributed by atoms with Gasteiger partial charge in [-0.2, -0.15) is 0 Å². The number of aliphatic hydroxyl groups excluding tert-OH is 1. The fraction of sp³-hybridized carbons (Fsp3) is 0.458. The molecule has 4 N–H and O–H groups in total. The fourth-order valence-corrected chi connectivity index (χ4v) is 5.51. The van der Waals surface area contributed by atoms with Crippen molar-refractivity contribution in [2.75, 3.05) is 26.2 Å². The van der Waals surface area contributed by atoms with Gasteiger partial charge in [-0.15, -0.1) is 0 Å². The second kappa shape index (κ2) is 9.67. The predicted octanol–water partition coefficient (Wildman–Crippen LogP) is 1.83. The number of carbonyl (C=O) groups excluding carboxylic acids is 1. The number of ether oxygens (including phenoxy) is 1. The molecule has 11 heteroatoms. The van der Waals surface area contributed by atoms with Crippen LogP contribution in [0.25, 0.3) is 5.57 Å². The van der Waals surface area contributed by atoms with Gasteiger partial charge < -0.3 is 20.5 Å². The number of amides is 1. The van der Waals surface area contributed by atoms with Gasteiger partial charge in [0.25, 0.3) is 5.91 Å². The molecule has 1 aromatic carbocycles. The average Bonchev–Trinajstić information content (AvgIpc) is 3.37. The molecular formula is C24H27ClF2N5O3+. The number of piperidine rings is 1. The molecule has 186 valence electrons. The summed E-state index contributed by atoms with van der Waals surface area (Å²) in [6, 6.07) is 3.40. The third-order valence-electron chi connectivity index (χ3n) is 7.06. The van der Waals surface area contributed by atoms with E-state index in [1.165, 1.54) is 23.2 Å². The molecule has 3 aliphatic heterocycles. The van der Waals surface area contributed by atoms with Crippen molar-refractivity contribution in [3.63, 3.8) is 0 Å². The minimum atomic E-state index is -1.31. The van der Waals surface area contributed by atoms with Gasteiger partial charge in [-0.25, -0.2) is 13.8 Å². The van der Waals surface area contributed by atoms with E-state index in [9.17, 15) is 14.3 Å². The second-order valence-corrected chi connectivity index (χ2v) is 9.62. The monoisotopic (exact) mass is 506 g/mol. The van der Waals surface area contributed by atoms with E-state index in [1.54, 1.807) is 6.20 Å². The summed E-state index contributed by atoms with van der Waals surface area (Å²) in [5.74, 6) is -0.459. The van der Waals surface area contributed by atoms with Crippen molar-refractivity contribution in [3.8, 4) is 5.75 Å². The molecule has 35 heavy (non-hydrogen) atoms. The third-order valence-corrected chi connectivity index (χ3v) is 7.27. The van der Waals surface area contributed by atoms with Crippen molar-refractivity contribution in [2.45, 2.75) is 43.6 Å². The molecule has 0 aliphatic carbocycles. The van der Waals surface area contributed by atoms with Crippen LogP contribution in [0.5, 0.6) is 5.75 Å². The number of H-pyrrole nitrogens is 1. The van der Waals surface area contributed by atoms with E-state index < -0.39 is 24.0 Å². The summed E-state index contributed by atoms with van der Waals surface area (Å²) in [7, 11) is 0. The highest BCUT2D eigenvalue weighted by molar-refractivity contribution is 6.30. The van der Waals surface area contributed by atoms with Crippen molar-refractivity contribution in [2.24, 2.45) is 5.73 Å². The molecule has 0 saturated carbocycles. The molecule has 0 radical (unpaired) electrons. The van der Waals surface area contributed by atoms with E-state index in [1.807, 2.05) is 4.90 Å². The number of aliphatic hydroxyl groups is 1. The minimum Gasteiger partial charge on any atom is -0.486 e. The first-order valence-electron chi connectivity index (χ1n) is 11.6. The highest BCUT2D eigenvalue weighted by Crippen LogP contribution is 2.39. The minimum absolute atomic E-state index is 0.0147. The topological polar surface area (TPSA) is 106 Å². The normalized spacial score (nSPS) is 26.5. The highest BCUT2D eigenvalue weighted by Gasteiger charge is 2.48. The van der Waals surface area contributed by atoms with Gasteiger partial charge in [0.15, 0.2) is 12.4 Å². The van der Waals surface area contributed by atoms with Crippen LogP contribution in [0.1, 0.15) is 35.4 Å². The molecule has 3 aliphatic rings. The number of hydrogen-bond donors (Lipinski definition) is 2. The molecule has 0 spiro atoms. The maximum absolute atomic E-state index is 15.4. The number of rotatable bonds is 6. The maximum atomic E-state index is 15.4. The second-order valence-electron chi connectivity index (χ2n) is 9.18. The van der Waals surface area contributed by atoms with Gasteiger partial charge in [-0.1, -0.05) is 11.6 Å². The quantitative estimate of drug-likeness (QED) is 0.619. The van der Waals surface area contributed by atoms with Gasteiger partial charge in [0, 0.05) is 36.8 Å². The molecule has 2 fully saturated rings. The van der Waals surface area contributed by atoms with E-state index in [2.05, 4.69) is 9.97 Å². The number of alkyl halides is 1. The van der Waals surface area contributed by atoms with Gasteiger partial charge >= 0.3 is 5.82 Å². The number of aromatic amines is 1. The van der Waals surface area contributed by atoms with Crippen molar-refractivity contribution < 1.29 is 28.4 Å². The molecule has 1 aromatic heterocycles. The molecule has 2 saturated heterocycles. The van der Waals surface area contributed by atoms with E-state index in [4.69, 9.17) is 22.1 Å². The highest BCUT2D eigenvalue weighted by atomic mass is 35.5. The average molecular weight is 507 g/mol. The number of carbonyl (C=O) groups is 1.